The van der Waals surface area contributed by atoms with Crippen LogP contribution in [-0.2, 0) is 14.3 Å². The first-order chi connectivity index (χ1) is 30.5. The van der Waals surface area contributed by atoms with Crippen molar-refractivity contribution in [1.82, 2.24) is 5.32 Å². The Labute approximate surface area is 386 Å². The number of esters is 1. The molecule has 0 heterocycles. The van der Waals surface area contributed by atoms with Crippen molar-refractivity contribution in [3.8, 4) is 0 Å². The molecule has 0 aliphatic rings. The number of allylic oxidation sites excluding steroid dienone is 4. The highest BCUT2D eigenvalue weighted by Gasteiger charge is 2.20. The molecule has 0 aromatic rings. The number of rotatable bonds is 51. The molecule has 6 heteroatoms. The van der Waals surface area contributed by atoms with Crippen LogP contribution in [0.25, 0.3) is 0 Å². The predicted octanol–water partition coefficient (Wildman–Crippen LogP) is 16.7. The van der Waals surface area contributed by atoms with Gasteiger partial charge in [0.2, 0.25) is 5.91 Å². The van der Waals surface area contributed by atoms with Gasteiger partial charge in [0.05, 0.1) is 25.4 Å². The van der Waals surface area contributed by atoms with Crippen LogP contribution in [0.4, 0.5) is 0 Å². The van der Waals surface area contributed by atoms with Gasteiger partial charge in [0.15, 0.2) is 0 Å². The van der Waals surface area contributed by atoms with E-state index in [0.717, 1.165) is 77.0 Å². The van der Waals surface area contributed by atoms with Crippen molar-refractivity contribution in [3.63, 3.8) is 0 Å². The molecule has 0 aliphatic heterocycles. The van der Waals surface area contributed by atoms with Gasteiger partial charge in [-0.15, -0.1) is 0 Å². The first kappa shape index (κ1) is 60.3. The van der Waals surface area contributed by atoms with Gasteiger partial charge in [-0.2, -0.15) is 0 Å². The number of unbranched alkanes of at least 4 members (excludes halogenated alkanes) is 36. The van der Waals surface area contributed by atoms with Crippen molar-refractivity contribution < 1.29 is 24.5 Å². The zero-order chi connectivity index (χ0) is 45.1. The molecule has 0 rings (SSSR count). The van der Waals surface area contributed by atoms with Crippen LogP contribution in [0.1, 0.15) is 296 Å². The monoisotopic (exact) mass is 874 g/mol. The highest BCUT2D eigenvalue weighted by atomic mass is 16.5. The summed E-state index contributed by atoms with van der Waals surface area (Å²) in [7, 11) is 0. The van der Waals surface area contributed by atoms with E-state index in [2.05, 4.69) is 43.5 Å². The smallest absolute Gasteiger partial charge is 0.305 e. The predicted molar refractivity (Wildman–Crippen MR) is 269 cm³/mol. The zero-order valence-corrected chi connectivity index (χ0v) is 41.6. The Morgan fingerprint density at radius 1 is 0.435 bits per heavy atom. The number of nitrogens with one attached hydrogen (secondary N) is 1. The average molecular weight is 874 g/mol. The Morgan fingerprint density at radius 3 is 1.19 bits per heavy atom. The molecule has 0 spiro atoms. The fraction of sp³-hybridized carbons (Fsp3) is 0.893. The number of aliphatic hydroxyl groups is 2. The normalized spacial score (nSPS) is 12.8. The number of carbonyl (C=O) groups is 2. The van der Waals surface area contributed by atoms with E-state index >= 15 is 0 Å². The molecule has 0 aromatic carbocycles. The standard InChI is InChI=1S/C56H107NO5/c1-3-5-7-9-11-13-15-16-17-18-19-20-21-22-23-24-25-26-27-29-32-36-40-44-48-54(59)53(52-58)57-55(60)49-45-41-37-33-30-31-35-39-43-47-51-62-56(61)50-46-42-38-34-28-14-12-10-8-6-4-2/h10,12,31,35,53-54,58-59H,3-9,11,13-30,32-34,36-52H2,1-2H3,(H,57,60)/b12-10-,35-31-. The fourth-order valence-corrected chi connectivity index (χ4v) is 8.44. The Morgan fingerprint density at radius 2 is 0.774 bits per heavy atom. The van der Waals surface area contributed by atoms with E-state index < -0.39 is 12.1 Å². The van der Waals surface area contributed by atoms with E-state index in [1.54, 1.807) is 0 Å². The highest BCUT2D eigenvalue weighted by Crippen LogP contribution is 2.17. The molecule has 62 heavy (non-hydrogen) atoms. The molecule has 0 bridgehead atoms. The minimum absolute atomic E-state index is 0.0468. The molecule has 2 unspecified atom stereocenters. The van der Waals surface area contributed by atoms with E-state index in [0.29, 0.717) is 25.9 Å². The summed E-state index contributed by atoms with van der Waals surface area (Å²) >= 11 is 0. The van der Waals surface area contributed by atoms with E-state index in [1.807, 2.05) is 0 Å². The summed E-state index contributed by atoms with van der Waals surface area (Å²) in [6, 6.07) is -0.568. The first-order valence-electron chi connectivity index (χ1n) is 27.6. The summed E-state index contributed by atoms with van der Waals surface area (Å²) in [6.07, 6.45) is 61.7. The van der Waals surface area contributed by atoms with Crippen LogP contribution < -0.4 is 5.32 Å². The third-order valence-corrected chi connectivity index (χ3v) is 12.7. The second-order valence-electron chi connectivity index (χ2n) is 18.9. The molecule has 0 radical (unpaired) electrons. The quantitative estimate of drug-likeness (QED) is 0.0321. The van der Waals surface area contributed by atoms with Gasteiger partial charge >= 0.3 is 5.97 Å². The molecule has 0 fully saturated rings. The summed E-state index contributed by atoms with van der Waals surface area (Å²) in [4.78, 5) is 24.4. The molecule has 6 nitrogen and oxygen atoms in total. The number of aliphatic hydroxyl groups excluding tert-OH is 2. The number of ether oxygens (including phenoxy) is 1. The summed E-state index contributed by atoms with van der Waals surface area (Å²) in [6.45, 7) is 4.83. The van der Waals surface area contributed by atoms with Crippen LogP contribution in [0.15, 0.2) is 24.3 Å². The van der Waals surface area contributed by atoms with Crippen LogP contribution in [0.2, 0.25) is 0 Å². The Balaban J connectivity index is 3.51. The van der Waals surface area contributed by atoms with Gasteiger partial charge in [-0.3, -0.25) is 9.59 Å². The van der Waals surface area contributed by atoms with Gasteiger partial charge in [-0.1, -0.05) is 237 Å². The second kappa shape index (κ2) is 52.0. The third-order valence-electron chi connectivity index (χ3n) is 12.7. The molecule has 0 saturated heterocycles. The Hall–Kier alpha value is -1.66. The van der Waals surface area contributed by atoms with Gasteiger partial charge in [-0.25, -0.2) is 0 Å². The maximum atomic E-state index is 12.5. The molecule has 0 aliphatic carbocycles. The molecule has 0 aromatic heterocycles. The first-order valence-corrected chi connectivity index (χ1v) is 27.6. The lowest BCUT2D eigenvalue weighted by Gasteiger charge is -2.22. The SMILES string of the molecule is CCCC/C=C\CCCCCCCC(=O)OCCCC/C=C\CCCCCCC(=O)NC(CO)C(O)CCCCCCCCCCCCCCCCCCCCCCCCCC. The third kappa shape index (κ3) is 47.8. The number of carbonyl (C=O) groups excluding carboxylic acids is 2. The van der Waals surface area contributed by atoms with E-state index in [-0.39, 0.29) is 18.5 Å². The van der Waals surface area contributed by atoms with Gasteiger partial charge in [-0.05, 0) is 70.6 Å². The zero-order valence-electron chi connectivity index (χ0n) is 41.6. The van der Waals surface area contributed by atoms with E-state index in [9.17, 15) is 19.8 Å². The van der Waals surface area contributed by atoms with Crippen LogP contribution in [0, 0.1) is 0 Å². The van der Waals surface area contributed by atoms with Crippen LogP contribution in [-0.4, -0.2) is 47.4 Å². The molecular formula is C56H107NO5. The number of hydrogen-bond donors (Lipinski definition) is 3. The Kier molecular flexibility index (Phi) is 50.6. The van der Waals surface area contributed by atoms with Crippen molar-refractivity contribution in [2.45, 2.75) is 309 Å². The lowest BCUT2D eigenvalue weighted by molar-refractivity contribution is -0.143. The largest absolute Gasteiger partial charge is 0.466 e. The maximum Gasteiger partial charge on any atom is 0.305 e. The molecule has 0 saturated carbocycles. The van der Waals surface area contributed by atoms with Gasteiger partial charge in [0.1, 0.15) is 0 Å². The van der Waals surface area contributed by atoms with Crippen molar-refractivity contribution in [3.05, 3.63) is 24.3 Å². The van der Waals surface area contributed by atoms with E-state index in [1.165, 1.54) is 186 Å². The minimum Gasteiger partial charge on any atom is -0.466 e. The van der Waals surface area contributed by atoms with Crippen LogP contribution >= 0.6 is 0 Å². The summed E-state index contributed by atoms with van der Waals surface area (Å²) in [5.74, 6) is -0.116. The van der Waals surface area contributed by atoms with Crippen molar-refractivity contribution >= 4 is 11.9 Å². The van der Waals surface area contributed by atoms with Gasteiger partial charge < -0.3 is 20.3 Å². The average Bonchev–Trinajstić information content (AvgIpc) is 3.27. The number of amides is 1. The maximum absolute atomic E-state index is 12.5. The molecule has 2 atom stereocenters. The van der Waals surface area contributed by atoms with Gasteiger partial charge in [0.25, 0.3) is 0 Å². The highest BCUT2D eigenvalue weighted by molar-refractivity contribution is 5.76. The van der Waals surface area contributed by atoms with Crippen LogP contribution in [0.3, 0.4) is 0 Å². The number of hydrogen-bond acceptors (Lipinski definition) is 5. The summed E-state index contributed by atoms with van der Waals surface area (Å²) in [5, 5.41) is 23.3. The van der Waals surface area contributed by atoms with Crippen molar-refractivity contribution in [1.29, 1.82) is 0 Å². The molecule has 3 N–H and O–H groups in total. The van der Waals surface area contributed by atoms with Crippen molar-refractivity contribution in [2.24, 2.45) is 0 Å². The van der Waals surface area contributed by atoms with Crippen LogP contribution in [0.5, 0.6) is 0 Å². The molecule has 366 valence electrons. The van der Waals surface area contributed by atoms with Gasteiger partial charge in [0, 0.05) is 12.8 Å². The summed E-state index contributed by atoms with van der Waals surface area (Å²) in [5.41, 5.74) is 0. The Bertz CT molecular complexity index is 966. The molecular weight excluding hydrogens is 767 g/mol. The summed E-state index contributed by atoms with van der Waals surface area (Å²) < 4.78 is 5.41. The topological polar surface area (TPSA) is 95.9 Å². The second-order valence-corrected chi connectivity index (χ2v) is 18.9. The minimum atomic E-state index is -0.687. The lowest BCUT2D eigenvalue weighted by Crippen LogP contribution is -2.45. The molecule has 1 amide bonds. The lowest BCUT2D eigenvalue weighted by atomic mass is 10.0. The fourth-order valence-electron chi connectivity index (χ4n) is 8.44. The van der Waals surface area contributed by atoms with Crippen molar-refractivity contribution in [2.75, 3.05) is 13.2 Å². The van der Waals surface area contributed by atoms with E-state index in [4.69, 9.17) is 4.74 Å².